The maximum atomic E-state index is 13.2. The molecule has 0 spiro atoms. The van der Waals surface area contributed by atoms with Crippen molar-refractivity contribution in [1.82, 2.24) is 4.31 Å². The molecule has 5 rings (SSSR count). The first-order chi connectivity index (χ1) is 14.1. The maximum Gasteiger partial charge on any atom is 0.263 e. The molecule has 0 radical (unpaired) electrons. The highest BCUT2D eigenvalue weighted by molar-refractivity contribution is 7.89. The van der Waals surface area contributed by atoms with Crippen LogP contribution in [-0.4, -0.2) is 19.3 Å². The van der Waals surface area contributed by atoms with E-state index in [1.807, 2.05) is 55.6 Å². The highest BCUT2D eigenvalue weighted by atomic mass is 32.2. The van der Waals surface area contributed by atoms with Crippen LogP contribution in [0.3, 0.4) is 0 Å². The van der Waals surface area contributed by atoms with Gasteiger partial charge in [-0.15, -0.1) is 0 Å². The predicted molar refractivity (Wildman–Crippen MR) is 117 cm³/mol. The molecule has 3 nitrogen and oxygen atoms in total. The van der Waals surface area contributed by atoms with Gasteiger partial charge in [-0.05, 0) is 53.3 Å². The van der Waals surface area contributed by atoms with Crippen molar-refractivity contribution in [1.29, 1.82) is 0 Å². The van der Waals surface area contributed by atoms with Gasteiger partial charge in [0, 0.05) is 18.3 Å². The van der Waals surface area contributed by atoms with Crippen LogP contribution in [0.15, 0.2) is 95.5 Å². The van der Waals surface area contributed by atoms with Crippen molar-refractivity contribution in [3.8, 4) is 0 Å². The number of hydrogen-bond donors (Lipinski definition) is 0. The molecule has 1 aliphatic heterocycles. The van der Waals surface area contributed by atoms with Gasteiger partial charge in [-0.25, -0.2) is 8.42 Å². The summed E-state index contributed by atoms with van der Waals surface area (Å²) >= 11 is 0. The van der Waals surface area contributed by atoms with E-state index in [1.165, 1.54) is 26.6 Å². The third-order valence-corrected chi connectivity index (χ3v) is 7.43. The quantitative estimate of drug-likeness (QED) is 0.603. The number of hydrogen-bond acceptors (Lipinski definition) is 2. The van der Waals surface area contributed by atoms with E-state index in [0.717, 1.165) is 16.7 Å². The lowest BCUT2D eigenvalue weighted by Gasteiger charge is -2.27. The summed E-state index contributed by atoms with van der Waals surface area (Å²) in [6, 6.07) is 25.7. The number of sulfonamides is 1. The van der Waals surface area contributed by atoms with Crippen LogP contribution in [0.1, 0.15) is 28.7 Å². The SMILES string of the molecule is Cc1ccc(S(=O)(=O)N2C=C3C(=C(c4ccccc4)c4ccccc43)CC2)cc1. The van der Waals surface area contributed by atoms with Crippen LogP contribution >= 0.6 is 0 Å². The number of fused-ring (bicyclic) bond motifs is 3. The van der Waals surface area contributed by atoms with Gasteiger partial charge in [-0.2, -0.15) is 0 Å². The molecule has 1 aliphatic carbocycles. The normalized spacial score (nSPS) is 15.8. The largest absolute Gasteiger partial charge is 0.272 e. The lowest BCUT2D eigenvalue weighted by Crippen LogP contribution is -2.30. The number of aryl methyl sites for hydroxylation is 1. The lowest BCUT2D eigenvalue weighted by atomic mass is 9.95. The Morgan fingerprint density at radius 2 is 1.45 bits per heavy atom. The highest BCUT2D eigenvalue weighted by Crippen LogP contribution is 2.47. The van der Waals surface area contributed by atoms with Gasteiger partial charge < -0.3 is 0 Å². The van der Waals surface area contributed by atoms with Crippen LogP contribution in [0.5, 0.6) is 0 Å². The molecule has 0 amide bonds. The Kier molecular flexibility index (Phi) is 4.18. The molecule has 0 saturated carbocycles. The second-order valence-corrected chi connectivity index (χ2v) is 9.38. The summed E-state index contributed by atoms with van der Waals surface area (Å²) in [5.74, 6) is 0. The zero-order valence-electron chi connectivity index (χ0n) is 16.2. The summed E-state index contributed by atoms with van der Waals surface area (Å²) < 4.78 is 27.9. The Hall–Kier alpha value is -3.11. The fourth-order valence-electron chi connectivity index (χ4n) is 4.20. The molecule has 2 aliphatic rings. The smallest absolute Gasteiger partial charge is 0.263 e. The van der Waals surface area contributed by atoms with Crippen LogP contribution in [0.2, 0.25) is 0 Å². The average Bonchev–Trinajstić information content (AvgIpc) is 3.08. The van der Waals surface area contributed by atoms with Gasteiger partial charge >= 0.3 is 0 Å². The van der Waals surface area contributed by atoms with E-state index in [2.05, 4.69) is 24.3 Å². The summed E-state index contributed by atoms with van der Waals surface area (Å²) in [7, 11) is -3.57. The second kappa shape index (κ2) is 6.75. The minimum atomic E-state index is -3.57. The lowest BCUT2D eigenvalue weighted by molar-refractivity contribution is 0.495. The van der Waals surface area contributed by atoms with Crippen LogP contribution in [0.25, 0.3) is 11.1 Å². The maximum absolute atomic E-state index is 13.2. The Morgan fingerprint density at radius 1 is 0.793 bits per heavy atom. The average molecular weight is 400 g/mol. The number of benzene rings is 3. The van der Waals surface area contributed by atoms with E-state index < -0.39 is 10.0 Å². The van der Waals surface area contributed by atoms with Crippen LogP contribution in [-0.2, 0) is 10.0 Å². The van der Waals surface area contributed by atoms with Gasteiger partial charge in [0.2, 0.25) is 0 Å². The summed E-state index contributed by atoms with van der Waals surface area (Å²) in [6.45, 7) is 2.40. The van der Waals surface area contributed by atoms with E-state index in [0.29, 0.717) is 17.9 Å². The fourth-order valence-corrected chi connectivity index (χ4v) is 5.53. The van der Waals surface area contributed by atoms with Gasteiger partial charge in [0.1, 0.15) is 0 Å². The van der Waals surface area contributed by atoms with Crippen molar-refractivity contribution in [2.45, 2.75) is 18.2 Å². The molecule has 29 heavy (non-hydrogen) atoms. The molecule has 3 aromatic rings. The summed E-state index contributed by atoms with van der Waals surface area (Å²) in [5, 5.41) is 0. The van der Waals surface area contributed by atoms with Gasteiger partial charge in [0.15, 0.2) is 0 Å². The minimum Gasteiger partial charge on any atom is -0.272 e. The molecule has 3 aromatic carbocycles. The molecular formula is C25H21NO2S. The number of rotatable bonds is 3. The first-order valence-electron chi connectivity index (χ1n) is 9.75. The Balaban J connectivity index is 1.65. The zero-order valence-corrected chi connectivity index (χ0v) is 17.0. The first kappa shape index (κ1) is 18.0. The third-order valence-electron chi connectivity index (χ3n) is 5.66. The van der Waals surface area contributed by atoms with Crippen molar-refractivity contribution in [2.75, 3.05) is 6.54 Å². The molecule has 0 N–H and O–H groups in total. The zero-order chi connectivity index (χ0) is 20.0. The molecule has 0 atom stereocenters. The Labute approximate surface area is 171 Å². The topological polar surface area (TPSA) is 37.4 Å². The molecule has 0 unspecified atom stereocenters. The van der Waals surface area contributed by atoms with Crippen molar-refractivity contribution < 1.29 is 8.42 Å². The van der Waals surface area contributed by atoms with E-state index in [1.54, 1.807) is 12.1 Å². The standard InChI is InChI=1S/C25H21NO2S/c1-18-11-13-20(14-12-18)29(27,28)26-16-15-23-24(17-26)21-9-5-6-10-22(21)25(23)19-7-3-2-4-8-19/h2-14,17H,15-16H2,1H3. The van der Waals surface area contributed by atoms with Crippen molar-refractivity contribution >= 4 is 21.2 Å². The Bertz CT molecular complexity index is 1250. The summed E-state index contributed by atoms with van der Waals surface area (Å²) in [5.41, 5.74) is 7.96. The van der Waals surface area contributed by atoms with Gasteiger partial charge in [0.05, 0.1) is 4.90 Å². The predicted octanol–water partition coefficient (Wildman–Crippen LogP) is 5.25. The summed E-state index contributed by atoms with van der Waals surface area (Å²) in [6.07, 6.45) is 2.51. The molecule has 1 heterocycles. The minimum absolute atomic E-state index is 0.335. The van der Waals surface area contributed by atoms with Crippen molar-refractivity contribution in [3.05, 3.63) is 113 Å². The highest BCUT2D eigenvalue weighted by Gasteiger charge is 2.33. The van der Waals surface area contributed by atoms with Crippen LogP contribution in [0, 0.1) is 6.92 Å². The third kappa shape index (κ3) is 2.91. The van der Waals surface area contributed by atoms with E-state index in [-0.39, 0.29) is 0 Å². The molecule has 0 saturated heterocycles. The van der Waals surface area contributed by atoms with E-state index in [9.17, 15) is 8.42 Å². The molecule has 0 aromatic heterocycles. The number of allylic oxidation sites excluding steroid dienone is 1. The first-order valence-corrected chi connectivity index (χ1v) is 11.2. The molecular weight excluding hydrogens is 378 g/mol. The van der Waals surface area contributed by atoms with E-state index in [4.69, 9.17) is 0 Å². The second-order valence-electron chi connectivity index (χ2n) is 7.49. The monoisotopic (exact) mass is 399 g/mol. The number of nitrogens with zero attached hydrogens (tertiary/aromatic N) is 1. The molecule has 144 valence electrons. The summed E-state index contributed by atoms with van der Waals surface area (Å²) in [4.78, 5) is 0.335. The van der Waals surface area contributed by atoms with E-state index >= 15 is 0 Å². The van der Waals surface area contributed by atoms with Gasteiger partial charge in [0.25, 0.3) is 10.0 Å². The van der Waals surface area contributed by atoms with Crippen molar-refractivity contribution in [3.63, 3.8) is 0 Å². The molecule has 0 fully saturated rings. The van der Waals surface area contributed by atoms with Gasteiger partial charge in [-0.1, -0.05) is 72.3 Å². The van der Waals surface area contributed by atoms with Crippen molar-refractivity contribution in [2.24, 2.45) is 0 Å². The Morgan fingerprint density at radius 3 is 2.17 bits per heavy atom. The molecule has 4 heteroatoms. The van der Waals surface area contributed by atoms with Crippen LogP contribution < -0.4 is 0 Å². The molecule has 0 bridgehead atoms. The van der Waals surface area contributed by atoms with Gasteiger partial charge in [-0.3, -0.25) is 4.31 Å². The van der Waals surface area contributed by atoms with Crippen LogP contribution in [0.4, 0.5) is 0 Å². The fraction of sp³-hybridized carbons (Fsp3) is 0.120.